The Bertz CT molecular complexity index is 197. The van der Waals surface area contributed by atoms with Crippen molar-refractivity contribution >= 4 is 5.97 Å². The summed E-state index contributed by atoms with van der Waals surface area (Å²) in [5.74, 6) is -0.245. The molecule has 3 heteroatoms. The molecule has 0 amide bonds. The number of carbonyl (C=O) groups is 1. The maximum absolute atomic E-state index is 11.3. The lowest BCUT2D eigenvalue weighted by Gasteiger charge is -2.25. The van der Waals surface area contributed by atoms with Gasteiger partial charge in [0.15, 0.2) is 0 Å². The summed E-state index contributed by atoms with van der Waals surface area (Å²) >= 11 is 0. The minimum absolute atomic E-state index is 0.245. The minimum Gasteiger partial charge on any atom is -0.468 e. The monoisotopic (exact) mass is 197 g/mol. The summed E-state index contributed by atoms with van der Waals surface area (Å²) in [6.07, 6.45) is 7.74. The number of carbonyl (C=O) groups excluding carboxylic acids is 1. The zero-order valence-electron chi connectivity index (χ0n) is 8.79. The van der Waals surface area contributed by atoms with Crippen LogP contribution in [0.25, 0.3) is 0 Å². The van der Waals surface area contributed by atoms with Crippen LogP contribution in [0.1, 0.15) is 32.1 Å². The predicted octanol–water partition coefficient (Wildman–Crippen LogP) is 1.64. The Labute approximate surface area is 85.5 Å². The molecule has 1 fully saturated rings. The molecular formula is C11H19NO2. The Morgan fingerprint density at radius 1 is 1.50 bits per heavy atom. The predicted molar refractivity (Wildman–Crippen MR) is 56.0 cm³/mol. The minimum atomic E-state index is -0.344. The van der Waals surface area contributed by atoms with E-state index in [-0.39, 0.29) is 12.0 Å². The fourth-order valence-electron chi connectivity index (χ4n) is 1.88. The van der Waals surface area contributed by atoms with E-state index in [4.69, 9.17) is 0 Å². The van der Waals surface area contributed by atoms with E-state index in [0.717, 1.165) is 12.8 Å². The molecule has 1 aliphatic rings. The Morgan fingerprint density at radius 3 is 2.64 bits per heavy atom. The standard InChI is InChI=1S/C11H19NO2/c1-3-10(11(13)14-2)12-9-7-5-4-6-8-9/h3,9-10,12H,1,4-8H2,2H3. The van der Waals surface area contributed by atoms with Crippen LogP contribution in [0.2, 0.25) is 0 Å². The molecule has 0 bridgehead atoms. The molecule has 0 aromatic carbocycles. The van der Waals surface area contributed by atoms with Crippen molar-refractivity contribution in [2.45, 2.75) is 44.2 Å². The fourth-order valence-corrected chi connectivity index (χ4v) is 1.88. The second kappa shape index (κ2) is 5.81. The van der Waals surface area contributed by atoms with Crippen LogP contribution in [-0.4, -0.2) is 25.2 Å². The first-order chi connectivity index (χ1) is 6.77. The highest BCUT2D eigenvalue weighted by molar-refractivity contribution is 5.77. The van der Waals surface area contributed by atoms with E-state index >= 15 is 0 Å². The molecule has 1 N–H and O–H groups in total. The first-order valence-electron chi connectivity index (χ1n) is 5.24. The number of hydrogen-bond donors (Lipinski definition) is 1. The van der Waals surface area contributed by atoms with Gasteiger partial charge in [0.2, 0.25) is 0 Å². The number of ether oxygens (including phenoxy) is 1. The Kier molecular flexibility index (Phi) is 4.66. The molecule has 1 atom stereocenters. The molecule has 1 rings (SSSR count). The van der Waals surface area contributed by atoms with Gasteiger partial charge in [0.05, 0.1) is 7.11 Å². The smallest absolute Gasteiger partial charge is 0.326 e. The molecule has 0 spiro atoms. The fraction of sp³-hybridized carbons (Fsp3) is 0.727. The molecule has 1 aliphatic carbocycles. The Balaban J connectivity index is 2.38. The van der Waals surface area contributed by atoms with Crippen LogP contribution >= 0.6 is 0 Å². The normalized spacial score (nSPS) is 20.1. The number of hydrogen-bond acceptors (Lipinski definition) is 3. The van der Waals surface area contributed by atoms with Crippen molar-refractivity contribution in [3.63, 3.8) is 0 Å². The molecule has 0 aromatic rings. The second-order valence-corrected chi connectivity index (χ2v) is 3.74. The summed E-state index contributed by atoms with van der Waals surface area (Å²) in [5.41, 5.74) is 0. The number of methoxy groups -OCH3 is 1. The van der Waals surface area contributed by atoms with E-state index in [1.807, 2.05) is 0 Å². The molecule has 0 heterocycles. The van der Waals surface area contributed by atoms with E-state index in [0.29, 0.717) is 6.04 Å². The zero-order chi connectivity index (χ0) is 10.4. The molecule has 0 radical (unpaired) electrons. The van der Waals surface area contributed by atoms with Gasteiger partial charge < -0.3 is 4.74 Å². The van der Waals surface area contributed by atoms with Gasteiger partial charge in [-0.3, -0.25) is 10.1 Å². The first-order valence-corrected chi connectivity index (χ1v) is 5.24. The topological polar surface area (TPSA) is 38.3 Å². The second-order valence-electron chi connectivity index (χ2n) is 3.74. The van der Waals surface area contributed by atoms with Gasteiger partial charge in [-0.1, -0.05) is 25.3 Å². The van der Waals surface area contributed by atoms with Crippen LogP contribution in [0.4, 0.5) is 0 Å². The van der Waals surface area contributed by atoms with Crippen LogP contribution < -0.4 is 5.32 Å². The third-order valence-corrected chi connectivity index (χ3v) is 2.71. The average Bonchev–Trinajstić information content (AvgIpc) is 2.26. The van der Waals surface area contributed by atoms with E-state index in [1.165, 1.54) is 26.4 Å². The molecule has 3 nitrogen and oxygen atoms in total. The lowest BCUT2D eigenvalue weighted by Crippen LogP contribution is -2.43. The maximum atomic E-state index is 11.3. The van der Waals surface area contributed by atoms with Crippen molar-refractivity contribution in [3.8, 4) is 0 Å². The van der Waals surface area contributed by atoms with Crippen molar-refractivity contribution in [2.75, 3.05) is 7.11 Å². The van der Waals surface area contributed by atoms with Crippen molar-refractivity contribution < 1.29 is 9.53 Å². The summed E-state index contributed by atoms with van der Waals surface area (Å²) in [7, 11) is 1.40. The van der Waals surface area contributed by atoms with Crippen LogP contribution in [0.3, 0.4) is 0 Å². The molecule has 1 saturated carbocycles. The lowest BCUT2D eigenvalue weighted by molar-refractivity contribution is -0.142. The van der Waals surface area contributed by atoms with Gasteiger partial charge in [-0.25, -0.2) is 0 Å². The van der Waals surface area contributed by atoms with Gasteiger partial charge >= 0.3 is 5.97 Å². The number of rotatable bonds is 4. The first kappa shape index (κ1) is 11.2. The van der Waals surface area contributed by atoms with E-state index < -0.39 is 0 Å². The highest BCUT2D eigenvalue weighted by Crippen LogP contribution is 2.17. The molecule has 0 aliphatic heterocycles. The highest BCUT2D eigenvalue weighted by Gasteiger charge is 2.20. The van der Waals surface area contributed by atoms with Crippen LogP contribution in [0.5, 0.6) is 0 Å². The zero-order valence-corrected chi connectivity index (χ0v) is 8.79. The third kappa shape index (κ3) is 3.14. The van der Waals surface area contributed by atoms with Crippen molar-refractivity contribution in [1.29, 1.82) is 0 Å². The van der Waals surface area contributed by atoms with Crippen molar-refractivity contribution in [1.82, 2.24) is 5.32 Å². The van der Waals surface area contributed by atoms with Gasteiger partial charge in [0.25, 0.3) is 0 Å². The summed E-state index contributed by atoms with van der Waals surface area (Å²) in [6, 6.07) is 0.106. The number of nitrogens with one attached hydrogen (secondary N) is 1. The Morgan fingerprint density at radius 2 is 2.14 bits per heavy atom. The van der Waals surface area contributed by atoms with Gasteiger partial charge in [0, 0.05) is 6.04 Å². The molecule has 1 unspecified atom stereocenters. The lowest BCUT2D eigenvalue weighted by atomic mass is 9.95. The molecular weight excluding hydrogens is 178 g/mol. The molecule has 14 heavy (non-hydrogen) atoms. The van der Waals surface area contributed by atoms with Crippen molar-refractivity contribution in [3.05, 3.63) is 12.7 Å². The summed E-state index contributed by atoms with van der Waals surface area (Å²) < 4.78 is 4.67. The average molecular weight is 197 g/mol. The van der Waals surface area contributed by atoms with Crippen molar-refractivity contribution in [2.24, 2.45) is 0 Å². The van der Waals surface area contributed by atoms with Crippen LogP contribution in [-0.2, 0) is 9.53 Å². The molecule has 0 saturated heterocycles. The quantitative estimate of drug-likeness (QED) is 0.550. The summed E-state index contributed by atoms with van der Waals surface area (Å²) in [6.45, 7) is 3.63. The molecule has 80 valence electrons. The third-order valence-electron chi connectivity index (χ3n) is 2.71. The van der Waals surface area contributed by atoms with Gasteiger partial charge in [-0.15, -0.1) is 6.58 Å². The Hall–Kier alpha value is -0.830. The van der Waals surface area contributed by atoms with E-state index in [9.17, 15) is 4.79 Å². The van der Waals surface area contributed by atoms with Gasteiger partial charge in [0.1, 0.15) is 6.04 Å². The van der Waals surface area contributed by atoms with Gasteiger partial charge in [-0.05, 0) is 12.8 Å². The van der Waals surface area contributed by atoms with Crippen LogP contribution in [0.15, 0.2) is 12.7 Å². The van der Waals surface area contributed by atoms with Gasteiger partial charge in [-0.2, -0.15) is 0 Å². The largest absolute Gasteiger partial charge is 0.468 e. The van der Waals surface area contributed by atoms with Crippen LogP contribution in [0, 0.1) is 0 Å². The summed E-state index contributed by atoms with van der Waals surface area (Å²) in [4.78, 5) is 11.3. The number of esters is 1. The molecule has 0 aromatic heterocycles. The maximum Gasteiger partial charge on any atom is 0.326 e. The highest BCUT2D eigenvalue weighted by atomic mass is 16.5. The van der Waals surface area contributed by atoms with E-state index in [2.05, 4.69) is 16.6 Å². The SMILES string of the molecule is C=CC(NC1CCCCC1)C(=O)OC. The van der Waals surface area contributed by atoms with E-state index in [1.54, 1.807) is 6.08 Å². The summed E-state index contributed by atoms with van der Waals surface area (Å²) in [5, 5.41) is 3.26.